The minimum atomic E-state index is -0.604. The number of fused-ring (bicyclic) bond motifs is 1. The van der Waals surface area contributed by atoms with Crippen LogP contribution in [0.3, 0.4) is 0 Å². The first-order chi connectivity index (χ1) is 14.4. The quantitative estimate of drug-likeness (QED) is 0.352. The Balaban J connectivity index is 1.78. The number of para-hydroxylation sites is 2. The van der Waals surface area contributed by atoms with Gasteiger partial charge in [0, 0.05) is 12.1 Å². The van der Waals surface area contributed by atoms with Crippen LogP contribution in [-0.4, -0.2) is 29.2 Å². The van der Waals surface area contributed by atoms with Crippen molar-refractivity contribution in [3.05, 3.63) is 96.2 Å². The van der Waals surface area contributed by atoms with Crippen molar-refractivity contribution in [2.24, 2.45) is 0 Å². The van der Waals surface area contributed by atoms with Gasteiger partial charge in [-0.15, -0.1) is 0 Å². The van der Waals surface area contributed by atoms with Crippen molar-refractivity contribution < 1.29 is 9.85 Å². The molecule has 30 heavy (non-hydrogen) atoms. The molecule has 150 valence electrons. The van der Waals surface area contributed by atoms with Gasteiger partial charge in [0.1, 0.15) is 22.4 Å². The predicted octanol–water partition coefficient (Wildman–Crippen LogP) is 3.10. The summed E-state index contributed by atoms with van der Waals surface area (Å²) < 4.78 is 2.49. The molecular weight excluding hydrogens is 416 g/mol. The SMILES string of the molecule is O=c1c2cnn(-c3ccccc3[N+](=O)[O-])c2ncn1Cc1ccc(Cl)c([N+](=O)[O-])c1. The van der Waals surface area contributed by atoms with Gasteiger partial charge in [0.2, 0.25) is 0 Å². The van der Waals surface area contributed by atoms with Crippen LogP contribution in [-0.2, 0) is 6.54 Å². The van der Waals surface area contributed by atoms with Crippen molar-refractivity contribution >= 4 is 34.0 Å². The summed E-state index contributed by atoms with van der Waals surface area (Å²) in [5.74, 6) is 0. The molecule has 0 N–H and O–H groups in total. The van der Waals surface area contributed by atoms with Crippen LogP contribution >= 0.6 is 11.6 Å². The Labute approximate surface area is 172 Å². The Morgan fingerprint density at radius 2 is 1.77 bits per heavy atom. The average Bonchev–Trinajstić information content (AvgIpc) is 3.16. The van der Waals surface area contributed by atoms with Crippen molar-refractivity contribution in [2.75, 3.05) is 0 Å². The molecule has 0 unspecified atom stereocenters. The maximum Gasteiger partial charge on any atom is 0.294 e. The normalized spacial score (nSPS) is 11.0. The molecule has 0 atom stereocenters. The number of nitro groups is 2. The second-order valence-electron chi connectivity index (χ2n) is 6.26. The van der Waals surface area contributed by atoms with Gasteiger partial charge >= 0.3 is 0 Å². The van der Waals surface area contributed by atoms with Crippen molar-refractivity contribution in [3.63, 3.8) is 0 Å². The van der Waals surface area contributed by atoms with Crippen LogP contribution < -0.4 is 5.56 Å². The monoisotopic (exact) mass is 426 g/mol. The number of aromatic nitrogens is 4. The van der Waals surface area contributed by atoms with E-state index < -0.39 is 15.4 Å². The third kappa shape index (κ3) is 3.26. The largest absolute Gasteiger partial charge is 0.294 e. The minimum Gasteiger partial charge on any atom is -0.294 e. The van der Waals surface area contributed by atoms with Crippen molar-refractivity contribution in [1.82, 2.24) is 19.3 Å². The second-order valence-corrected chi connectivity index (χ2v) is 6.67. The van der Waals surface area contributed by atoms with E-state index in [0.717, 1.165) is 0 Å². The van der Waals surface area contributed by atoms with E-state index in [2.05, 4.69) is 10.1 Å². The molecule has 2 aromatic carbocycles. The lowest BCUT2D eigenvalue weighted by Gasteiger charge is -2.07. The highest BCUT2D eigenvalue weighted by molar-refractivity contribution is 6.32. The average molecular weight is 427 g/mol. The van der Waals surface area contributed by atoms with Crippen molar-refractivity contribution in [2.45, 2.75) is 6.54 Å². The standard InChI is InChI=1S/C18H11ClN6O5/c19-13-6-5-11(7-16(13)25(29)30)9-22-10-20-17-12(18(22)26)8-21-23(17)14-3-1-2-4-15(14)24(27)28/h1-8,10H,9H2. The van der Waals surface area contributed by atoms with E-state index in [-0.39, 0.29) is 39.7 Å². The van der Waals surface area contributed by atoms with Gasteiger partial charge in [-0.1, -0.05) is 29.8 Å². The lowest BCUT2D eigenvalue weighted by atomic mass is 10.2. The van der Waals surface area contributed by atoms with Crippen molar-refractivity contribution in [1.29, 1.82) is 0 Å². The Bertz CT molecular complexity index is 1380. The van der Waals surface area contributed by atoms with E-state index in [0.29, 0.717) is 5.56 Å². The number of nitro benzene ring substituents is 2. The Morgan fingerprint density at radius 1 is 1.03 bits per heavy atom. The topological polar surface area (TPSA) is 139 Å². The molecule has 0 bridgehead atoms. The maximum atomic E-state index is 12.9. The van der Waals surface area contributed by atoms with E-state index in [1.54, 1.807) is 12.1 Å². The molecule has 4 aromatic rings. The number of nitrogens with zero attached hydrogens (tertiary/aromatic N) is 6. The lowest BCUT2D eigenvalue weighted by molar-refractivity contribution is -0.384. The van der Waals surface area contributed by atoms with Crippen LogP contribution in [0.5, 0.6) is 0 Å². The van der Waals surface area contributed by atoms with Crippen LogP contribution in [0.15, 0.2) is 59.8 Å². The van der Waals surface area contributed by atoms with Crippen LogP contribution in [0.1, 0.15) is 5.56 Å². The van der Waals surface area contributed by atoms with Gasteiger partial charge in [-0.2, -0.15) is 5.10 Å². The molecule has 2 heterocycles. The number of halogens is 1. The molecule has 0 fully saturated rings. The summed E-state index contributed by atoms with van der Waals surface area (Å²) >= 11 is 5.82. The third-order valence-corrected chi connectivity index (χ3v) is 4.74. The van der Waals surface area contributed by atoms with E-state index in [1.807, 2.05) is 0 Å². The molecular formula is C18H11ClN6O5. The molecule has 0 radical (unpaired) electrons. The summed E-state index contributed by atoms with van der Waals surface area (Å²) in [4.78, 5) is 38.3. The van der Waals surface area contributed by atoms with Crippen molar-refractivity contribution in [3.8, 4) is 5.69 Å². The van der Waals surface area contributed by atoms with E-state index in [1.165, 1.54) is 52.1 Å². The zero-order chi connectivity index (χ0) is 21.4. The fourth-order valence-electron chi connectivity index (χ4n) is 3.03. The smallest absolute Gasteiger partial charge is 0.294 e. The minimum absolute atomic E-state index is 0.00425. The zero-order valence-corrected chi connectivity index (χ0v) is 15.8. The number of rotatable bonds is 5. The van der Waals surface area contributed by atoms with E-state index in [9.17, 15) is 25.0 Å². The number of hydrogen-bond acceptors (Lipinski definition) is 7. The number of benzene rings is 2. The summed E-state index contributed by atoms with van der Waals surface area (Å²) in [5, 5.41) is 26.6. The molecule has 0 amide bonds. The van der Waals surface area contributed by atoms with Gasteiger partial charge in [-0.25, -0.2) is 9.67 Å². The highest BCUT2D eigenvalue weighted by Crippen LogP contribution is 2.26. The maximum absolute atomic E-state index is 12.9. The first kappa shape index (κ1) is 19.2. The molecule has 0 aliphatic rings. The molecule has 11 nitrogen and oxygen atoms in total. The summed E-state index contributed by atoms with van der Waals surface area (Å²) in [5.41, 5.74) is -0.0617. The highest BCUT2D eigenvalue weighted by atomic mass is 35.5. The van der Waals surface area contributed by atoms with E-state index in [4.69, 9.17) is 11.6 Å². The van der Waals surface area contributed by atoms with Gasteiger partial charge in [-0.3, -0.25) is 29.6 Å². The molecule has 0 aliphatic carbocycles. The van der Waals surface area contributed by atoms with Crippen LogP contribution in [0.4, 0.5) is 11.4 Å². The van der Waals surface area contributed by atoms with Crippen LogP contribution in [0.25, 0.3) is 16.7 Å². The fourth-order valence-corrected chi connectivity index (χ4v) is 3.21. The lowest BCUT2D eigenvalue weighted by Crippen LogP contribution is -2.21. The van der Waals surface area contributed by atoms with Crippen LogP contribution in [0.2, 0.25) is 5.02 Å². The van der Waals surface area contributed by atoms with Gasteiger partial charge in [0.15, 0.2) is 5.65 Å². The van der Waals surface area contributed by atoms with Gasteiger partial charge in [0.25, 0.3) is 16.9 Å². The third-order valence-electron chi connectivity index (χ3n) is 4.42. The first-order valence-electron chi connectivity index (χ1n) is 8.46. The predicted molar refractivity (Wildman–Crippen MR) is 107 cm³/mol. The Kier molecular flexibility index (Phi) is 4.72. The first-order valence-corrected chi connectivity index (χ1v) is 8.84. The summed E-state index contributed by atoms with van der Waals surface area (Å²) in [6.07, 6.45) is 2.54. The van der Waals surface area contributed by atoms with E-state index >= 15 is 0 Å². The fraction of sp³-hybridized carbons (Fsp3) is 0.0556. The highest BCUT2D eigenvalue weighted by Gasteiger charge is 2.19. The molecule has 0 aliphatic heterocycles. The molecule has 12 heteroatoms. The van der Waals surface area contributed by atoms with Gasteiger partial charge in [-0.05, 0) is 17.7 Å². The van der Waals surface area contributed by atoms with Crippen LogP contribution in [0, 0.1) is 20.2 Å². The summed E-state index contributed by atoms with van der Waals surface area (Å²) in [6.45, 7) is 0.0243. The molecule has 4 rings (SSSR count). The van der Waals surface area contributed by atoms with Gasteiger partial charge < -0.3 is 0 Å². The molecule has 0 spiro atoms. The number of hydrogen-bond donors (Lipinski definition) is 0. The molecule has 0 saturated carbocycles. The van der Waals surface area contributed by atoms with Gasteiger partial charge in [0.05, 0.1) is 22.6 Å². The summed E-state index contributed by atoms with van der Waals surface area (Å²) in [7, 11) is 0. The second kappa shape index (κ2) is 7.37. The zero-order valence-electron chi connectivity index (χ0n) is 15.0. The Morgan fingerprint density at radius 3 is 2.50 bits per heavy atom. The molecule has 2 aromatic heterocycles. The molecule has 0 saturated heterocycles. The summed E-state index contributed by atoms with van der Waals surface area (Å²) in [6, 6.07) is 10.2. The Hall–Kier alpha value is -4.12.